The molecule has 1 spiro atoms. The second-order valence-corrected chi connectivity index (χ2v) is 13.3. The average molecular weight is 523 g/mol. The van der Waals surface area contributed by atoms with Crippen molar-refractivity contribution >= 4 is 40.7 Å². The van der Waals surface area contributed by atoms with Crippen molar-refractivity contribution in [2.45, 2.75) is 62.0 Å². The van der Waals surface area contributed by atoms with Crippen molar-refractivity contribution < 1.29 is 14.4 Å². The molecule has 3 heterocycles. The number of fused-ring (bicyclic) bond motifs is 2. The predicted octanol–water partition coefficient (Wildman–Crippen LogP) is 5.25. The normalized spacial score (nSPS) is 21.2. The Morgan fingerprint density at radius 2 is 1.69 bits per heavy atom. The summed E-state index contributed by atoms with van der Waals surface area (Å²) in [5.74, 6) is 1.04. The van der Waals surface area contributed by atoms with E-state index in [0.29, 0.717) is 24.7 Å². The topological polar surface area (TPSA) is 57.7 Å². The smallest absolute Gasteiger partial charge is 0.264 e. The molecule has 7 heteroatoms. The second kappa shape index (κ2) is 9.64. The van der Waals surface area contributed by atoms with Crippen molar-refractivity contribution in [1.82, 2.24) is 9.80 Å². The monoisotopic (exact) mass is 522 g/mol. The zero-order valence-electron chi connectivity index (χ0n) is 21.0. The van der Waals surface area contributed by atoms with Crippen LogP contribution in [0.15, 0.2) is 28.5 Å². The van der Waals surface area contributed by atoms with Gasteiger partial charge in [-0.25, -0.2) is 0 Å². The molecule has 1 aromatic carbocycles. The molecule has 1 aromatic heterocycles. The van der Waals surface area contributed by atoms with Crippen LogP contribution in [-0.4, -0.2) is 59.8 Å². The van der Waals surface area contributed by atoms with Gasteiger partial charge in [-0.15, -0.1) is 23.1 Å². The van der Waals surface area contributed by atoms with Crippen LogP contribution in [0.3, 0.4) is 0 Å². The summed E-state index contributed by atoms with van der Waals surface area (Å²) in [5, 5.41) is 0. The minimum Gasteiger partial charge on any atom is -0.343 e. The van der Waals surface area contributed by atoms with Crippen LogP contribution in [0.4, 0.5) is 0 Å². The molecule has 0 unspecified atom stereocenters. The van der Waals surface area contributed by atoms with Crippen LogP contribution in [0, 0.1) is 11.3 Å². The number of thioether (sulfide) groups is 1. The summed E-state index contributed by atoms with van der Waals surface area (Å²) in [6.07, 6.45) is 9.93. The fourth-order valence-electron chi connectivity index (χ4n) is 6.89. The lowest BCUT2D eigenvalue weighted by Crippen LogP contribution is -2.45. The predicted molar refractivity (Wildman–Crippen MR) is 144 cm³/mol. The highest BCUT2D eigenvalue weighted by molar-refractivity contribution is 8.00. The van der Waals surface area contributed by atoms with Gasteiger partial charge in [0.1, 0.15) is 0 Å². The molecular formula is C29H34N2O3S2. The van der Waals surface area contributed by atoms with Gasteiger partial charge in [0.25, 0.3) is 5.91 Å². The first-order chi connectivity index (χ1) is 17.5. The molecule has 36 heavy (non-hydrogen) atoms. The minimum atomic E-state index is 0.113. The number of Topliss-reactive ketones (excluding diaryl/α,β-unsaturated/α-hetero) is 1. The van der Waals surface area contributed by atoms with Crippen molar-refractivity contribution in [2.75, 3.05) is 32.4 Å². The fourth-order valence-corrected chi connectivity index (χ4v) is 8.98. The van der Waals surface area contributed by atoms with Crippen molar-refractivity contribution in [3.63, 3.8) is 0 Å². The zero-order chi connectivity index (χ0) is 24.9. The molecule has 0 atom stereocenters. The number of carbonyl (C=O) groups is 3. The molecule has 5 nitrogen and oxygen atoms in total. The highest BCUT2D eigenvalue weighted by Crippen LogP contribution is 2.44. The molecule has 0 N–H and O–H groups in total. The Morgan fingerprint density at radius 3 is 2.36 bits per heavy atom. The number of piperidine rings is 1. The summed E-state index contributed by atoms with van der Waals surface area (Å²) < 4.78 is 1.00. The molecule has 2 fully saturated rings. The van der Waals surface area contributed by atoms with Gasteiger partial charge in [-0.3, -0.25) is 14.4 Å². The van der Waals surface area contributed by atoms with Crippen molar-refractivity contribution in [1.29, 1.82) is 0 Å². The molecule has 2 aliphatic heterocycles. The van der Waals surface area contributed by atoms with Crippen LogP contribution >= 0.6 is 23.1 Å². The summed E-state index contributed by atoms with van der Waals surface area (Å²) >= 11 is 3.11. The highest BCUT2D eigenvalue weighted by atomic mass is 32.2. The summed E-state index contributed by atoms with van der Waals surface area (Å²) in [6.45, 7) is 3.17. The molecular weight excluding hydrogens is 488 g/mol. The molecule has 2 saturated heterocycles. The Morgan fingerprint density at radius 1 is 1.03 bits per heavy atom. The van der Waals surface area contributed by atoms with Gasteiger partial charge in [-0.2, -0.15) is 0 Å². The maximum Gasteiger partial charge on any atom is 0.264 e. The lowest BCUT2D eigenvalue weighted by atomic mass is 9.77. The number of amides is 2. The lowest BCUT2D eigenvalue weighted by Gasteiger charge is -2.39. The van der Waals surface area contributed by atoms with E-state index in [1.807, 2.05) is 11.2 Å². The molecule has 4 aliphatic rings. The molecule has 0 bridgehead atoms. The third kappa shape index (κ3) is 4.32. The number of hydrogen-bond acceptors (Lipinski definition) is 5. The quantitative estimate of drug-likeness (QED) is 0.515. The standard InChI is InChI=1S/C29H34N2O3S2/c1-35-28-25-22(7-4-8-23(25)32)26(36-28)27(34)31-14-11-29(18-31)9-12-30(13-10-29)24(33)17-19-15-20-5-2-3-6-21(20)16-19/h2-3,5-6,19H,4,7-18H2,1H3. The number of likely N-dealkylation sites (tertiary alicyclic amines) is 2. The molecule has 190 valence electrons. The van der Waals surface area contributed by atoms with E-state index < -0.39 is 0 Å². The van der Waals surface area contributed by atoms with E-state index in [4.69, 9.17) is 0 Å². The van der Waals surface area contributed by atoms with E-state index in [0.717, 1.165) is 91.3 Å². The van der Waals surface area contributed by atoms with Crippen molar-refractivity contribution in [3.05, 3.63) is 51.4 Å². The maximum absolute atomic E-state index is 13.6. The van der Waals surface area contributed by atoms with Gasteiger partial charge < -0.3 is 9.80 Å². The molecule has 2 aromatic rings. The van der Waals surface area contributed by atoms with Gasteiger partial charge >= 0.3 is 0 Å². The van der Waals surface area contributed by atoms with E-state index >= 15 is 0 Å². The molecule has 2 aliphatic carbocycles. The third-order valence-electron chi connectivity index (χ3n) is 8.97. The second-order valence-electron chi connectivity index (χ2n) is 11.2. The number of carbonyl (C=O) groups excluding carboxylic acids is 3. The Hall–Kier alpha value is -2.12. The van der Waals surface area contributed by atoms with E-state index in [1.165, 1.54) is 22.5 Å². The van der Waals surface area contributed by atoms with Crippen LogP contribution in [0.1, 0.15) is 75.2 Å². The van der Waals surface area contributed by atoms with Gasteiger partial charge in [-0.1, -0.05) is 24.3 Å². The van der Waals surface area contributed by atoms with Gasteiger partial charge in [0.2, 0.25) is 5.91 Å². The number of benzene rings is 1. The first-order valence-electron chi connectivity index (χ1n) is 13.3. The molecule has 0 radical (unpaired) electrons. The first-order valence-corrected chi connectivity index (χ1v) is 15.4. The molecule has 2 amide bonds. The van der Waals surface area contributed by atoms with Gasteiger partial charge in [0, 0.05) is 44.6 Å². The minimum absolute atomic E-state index is 0.113. The van der Waals surface area contributed by atoms with E-state index in [-0.39, 0.29) is 17.1 Å². The first kappa shape index (κ1) is 24.2. The summed E-state index contributed by atoms with van der Waals surface area (Å²) in [7, 11) is 0. The van der Waals surface area contributed by atoms with Gasteiger partial charge in [-0.05, 0) is 79.2 Å². The molecule has 6 rings (SSSR count). The number of ketones is 1. The van der Waals surface area contributed by atoms with E-state index in [2.05, 4.69) is 29.2 Å². The van der Waals surface area contributed by atoms with Crippen LogP contribution in [0.5, 0.6) is 0 Å². The Kier molecular flexibility index (Phi) is 6.49. The number of rotatable bonds is 4. The number of nitrogens with zero attached hydrogens (tertiary/aromatic N) is 2. The van der Waals surface area contributed by atoms with Crippen LogP contribution < -0.4 is 0 Å². The van der Waals surface area contributed by atoms with Crippen LogP contribution in [0.2, 0.25) is 0 Å². The largest absolute Gasteiger partial charge is 0.343 e. The van der Waals surface area contributed by atoms with Crippen molar-refractivity contribution in [2.24, 2.45) is 11.3 Å². The Bertz CT molecular complexity index is 1190. The Balaban J connectivity index is 1.06. The third-order valence-corrected chi connectivity index (χ3v) is 11.3. The number of hydrogen-bond donors (Lipinski definition) is 0. The summed E-state index contributed by atoms with van der Waals surface area (Å²) in [5.41, 5.74) is 4.77. The van der Waals surface area contributed by atoms with Gasteiger partial charge in [0.15, 0.2) is 5.78 Å². The van der Waals surface area contributed by atoms with E-state index in [1.54, 1.807) is 11.8 Å². The number of thiophene rings is 1. The highest BCUT2D eigenvalue weighted by Gasteiger charge is 2.44. The Labute approximate surface area is 221 Å². The molecule has 0 saturated carbocycles. The van der Waals surface area contributed by atoms with Crippen LogP contribution in [0.25, 0.3) is 0 Å². The zero-order valence-corrected chi connectivity index (χ0v) is 22.6. The maximum atomic E-state index is 13.6. The average Bonchev–Trinajstić information content (AvgIpc) is 3.59. The van der Waals surface area contributed by atoms with Crippen molar-refractivity contribution in [3.8, 4) is 0 Å². The van der Waals surface area contributed by atoms with E-state index in [9.17, 15) is 14.4 Å². The SMILES string of the molecule is CSc1sc(C(=O)N2CCC3(CCN(C(=O)CC4Cc5ccccc5C4)CC3)C2)c2c1C(=O)CCC2. The van der Waals surface area contributed by atoms with Crippen LogP contribution in [-0.2, 0) is 24.1 Å². The lowest BCUT2D eigenvalue weighted by molar-refractivity contribution is -0.134. The van der Waals surface area contributed by atoms with Gasteiger partial charge in [0.05, 0.1) is 9.09 Å². The summed E-state index contributed by atoms with van der Waals surface area (Å²) in [4.78, 5) is 44.1. The fraction of sp³-hybridized carbons (Fsp3) is 0.552. The summed E-state index contributed by atoms with van der Waals surface area (Å²) in [6, 6.07) is 8.58.